The molecule has 0 atom stereocenters. The van der Waals surface area contributed by atoms with E-state index in [1.807, 2.05) is 21.0 Å². The number of carbonyl (C=O) groups is 1. The van der Waals surface area contributed by atoms with Crippen molar-refractivity contribution in [2.24, 2.45) is 5.92 Å². The highest BCUT2D eigenvalue weighted by atomic mass is 35.5. The fraction of sp³-hybridized carbons (Fsp3) is 0.462. The van der Waals surface area contributed by atoms with E-state index in [0.717, 1.165) is 23.2 Å². The maximum atomic E-state index is 13.8. The average Bonchev–Trinajstić information content (AvgIpc) is 3.33. The Morgan fingerprint density at radius 3 is 2.43 bits per heavy atom. The van der Waals surface area contributed by atoms with Crippen molar-refractivity contribution in [1.29, 1.82) is 0 Å². The molecule has 2 heterocycles. The van der Waals surface area contributed by atoms with Crippen molar-refractivity contribution < 1.29 is 17.9 Å². The van der Waals surface area contributed by atoms with Crippen LogP contribution in [0.2, 0.25) is 5.02 Å². The number of halogens is 1. The Morgan fingerprint density at radius 2 is 1.81 bits per heavy atom. The molecule has 0 N–H and O–H groups in total. The molecule has 11 heteroatoms. The summed E-state index contributed by atoms with van der Waals surface area (Å²) in [5.74, 6) is 0.297. The van der Waals surface area contributed by atoms with Crippen molar-refractivity contribution in [2.45, 2.75) is 31.1 Å². The van der Waals surface area contributed by atoms with Crippen LogP contribution in [0.4, 0.5) is 5.13 Å². The molecule has 1 aliphatic heterocycles. The number of anilines is 1. The predicted octanol–water partition coefficient (Wildman–Crippen LogP) is 4.65. The van der Waals surface area contributed by atoms with E-state index in [1.54, 1.807) is 48.4 Å². The molecule has 1 saturated heterocycles. The Labute approximate surface area is 227 Å². The molecule has 1 amide bonds. The van der Waals surface area contributed by atoms with Gasteiger partial charge in [0.2, 0.25) is 15.9 Å². The Hall–Kier alpha value is -2.24. The van der Waals surface area contributed by atoms with Crippen molar-refractivity contribution in [1.82, 2.24) is 14.2 Å². The van der Waals surface area contributed by atoms with Crippen LogP contribution in [0.3, 0.4) is 0 Å². The first-order chi connectivity index (χ1) is 17.6. The van der Waals surface area contributed by atoms with Crippen LogP contribution in [0.25, 0.3) is 10.2 Å². The van der Waals surface area contributed by atoms with Crippen LogP contribution in [0.1, 0.15) is 24.8 Å². The first-order valence-corrected chi connectivity index (χ1v) is 14.9. The minimum Gasteiger partial charge on any atom is -0.494 e. The summed E-state index contributed by atoms with van der Waals surface area (Å²) >= 11 is 7.82. The van der Waals surface area contributed by atoms with E-state index in [-0.39, 0.29) is 16.7 Å². The highest BCUT2D eigenvalue weighted by molar-refractivity contribution is 7.89. The van der Waals surface area contributed by atoms with Crippen LogP contribution in [-0.4, -0.2) is 75.9 Å². The fourth-order valence-electron chi connectivity index (χ4n) is 4.49. The van der Waals surface area contributed by atoms with Gasteiger partial charge >= 0.3 is 0 Å². The van der Waals surface area contributed by atoms with E-state index >= 15 is 0 Å². The zero-order valence-corrected chi connectivity index (χ0v) is 24.0. The molecule has 1 fully saturated rings. The molecule has 0 bridgehead atoms. The molecule has 0 unspecified atom stereocenters. The fourth-order valence-corrected chi connectivity index (χ4v) is 7.25. The van der Waals surface area contributed by atoms with Crippen LogP contribution >= 0.6 is 22.9 Å². The van der Waals surface area contributed by atoms with E-state index in [4.69, 9.17) is 21.3 Å². The molecular weight excluding hydrogens is 532 g/mol. The van der Waals surface area contributed by atoms with Crippen molar-refractivity contribution in [3.8, 4) is 5.75 Å². The van der Waals surface area contributed by atoms with E-state index in [1.165, 1.54) is 15.6 Å². The van der Waals surface area contributed by atoms with Gasteiger partial charge in [0, 0.05) is 25.6 Å². The zero-order chi connectivity index (χ0) is 26.7. The lowest BCUT2D eigenvalue weighted by Crippen LogP contribution is -2.45. The number of piperidine rings is 1. The van der Waals surface area contributed by atoms with Gasteiger partial charge in [-0.3, -0.25) is 9.69 Å². The number of benzene rings is 2. The summed E-state index contributed by atoms with van der Waals surface area (Å²) in [5, 5.41) is 1.15. The normalized spacial score (nSPS) is 15.4. The molecule has 0 spiro atoms. The molecular formula is C26H33ClN4O4S2. The van der Waals surface area contributed by atoms with E-state index in [2.05, 4.69) is 4.90 Å². The summed E-state index contributed by atoms with van der Waals surface area (Å²) in [7, 11) is 1.99. The molecule has 0 radical (unpaired) electrons. The van der Waals surface area contributed by atoms with Crippen LogP contribution in [0, 0.1) is 12.8 Å². The largest absolute Gasteiger partial charge is 0.494 e. The van der Waals surface area contributed by atoms with E-state index in [0.29, 0.717) is 53.9 Å². The van der Waals surface area contributed by atoms with Gasteiger partial charge in [0.1, 0.15) is 11.3 Å². The summed E-state index contributed by atoms with van der Waals surface area (Å²) < 4.78 is 34.0. The average molecular weight is 565 g/mol. The molecule has 37 heavy (non-hydrogen) atoms. The zero-order valence-electron chi connectivity index (χ0n) is 21.6. The molecule has 200 valence electrons. The number of amides is 1. The number of methoxy groups -OCH3 is 1. The third-order valence-corrected chi connectivity index (χ3v) is 10.1. The molecule has 3 aromatic rings. The summed E-state index contributed by atoms with van der Waals surface area (Å²) in [4.78, 5) is 22.7. The molecule has 2 aromatic carbocycles. The maximum Gasteiger partial charge on any atom is 0.243 e. The van der Waals surface area contributed by atoms with Gasteiger partial charge in [-0.05, 0) is 71.1 Å². The number of sulfonamides is 1. The highest BCUT2D eigenvalue weighted by Gasteiger charge is 2.35. The highest BCUT2D eigenvalue weighted by Crippen LogP contribution is 2.39. The Bertz CT molecular complexity index is 1350. The summed E-state index contributed by atoms with van der Waals surface area (Å²) in [6.07, 6.45) is 1.70. The second kappa shape index (κ2) is 11.7. The van der Waals surface area contributed by atoms with Gasteiger partial charge in [-0.25, -0.2) is 13.4 Å². The number of hydrogen-bond acceptors (Lipinski definition) is 7. The summed E-state index contributed by atoms with van der Waals surface area (Å²) in [6, 6.07) is 10.4. The number of carbonyl (C=O) groups excluding carboxylic acids is 1. The molecule has 4 rings (SSSR count). The van der Waals surface area contributed by atoms with Gasteiger partial charge in [-0.1, -0.05) is 40.6 Å². The van der Waals surface area contributed by atoms with E-state index < -0.39 is 10.0 Å². The second-order valence-corrected chi connectivity index (χ2v) is 12.9. The summed E-state index contributed by atoms with van der Waals surface area (Å²) in [6.45, 7) is 3.87. The first-order valence-electron chi connectivity index (χ1n) is 12.3. The van der Waals surface area contributed by atoms with Crippen molar-refractivity contribution >= 4 is 54.2 Å². The van der Waals surface area contributed by atoms with Crippen LogP contribution in [-0.2, 0) is 14.8 Å². The summed E-state index contributed by atoms with van der Waals surface area (Å²) in [5.41, 5.74) is 1.64. The van der Waals surface area contributed by atoms with Crippen LogP contribution in [0.15, 0.2) is 41.3 Å². The minimum atomic E-state index is -3.59. The van der Waals surface area contributed by atoms with Crippen molar-refractivity contribution in [3.63, 3.8) is 0 Å². The molecule has 1 aliphatic rings. The van der Waals surface area contributed by atoms with Gasteiger partial charge in [-0.15, -0.1) is 0 Å². The lowest BCUT2D eigenvalue weighted by molar-refractivity contribution is -0.123. The molecule has 0 aliphatic carbocycles. The van der Waals surface area contributed by atoms with Gasteiger partial charge < -0.3 is 9.64 Å². The topological polar surface area (TPSA) is 83.0 Å². The number of rotatable bonds is 9. The van der Waals surface area contributed by atoms with Gasteiger partial charge in [-0.2, -0.15) is 4.31 Å². The number of nitrogens with zero attached hydrogens (tertiary/aromatic N) is 4. The van der Waals surface area contributed by atoms with Gasteiger partial charge in [0.15, 0.2) is 5.13 Å². The number of thiazole rings is 1. The second-order valence-electron chi connectivity index (χ2n) is 9.56. The molecule has 0 saturated carbocycles. The first kappa shape index (κ1) is 27.8. The van der Waals surface area contributed by atoms with Gasteiger partial charge in [0.05, 0.1) is 21.7 Å². The maximum absolute atomic E-state index is 13.8. The minimum absolute atomic E-state index is 0.0275. The number of fused-ring (bicyclic) bond motifs is 1. The molecule has 1 aromatic heterocycles. The van der Waals surface area contributed by atoms with Crippen LogP contribution in [0.5, 0.6) is 5.75 Å². The van der Waals surface area contributed by atoms with Crippen LogP contribution < -0.4 is 9.64 Å². The number of ether oxygens (including phenoxy) is 1. The SMILES string of the molecule is COc1ccc(Cl)c2sc(N(CCCN(C)C)C(=O)C3CCN(S(=O)(=O)c4ccc(C)cc4)CC3)nc12. The van der Waals surface area contributed by atoms with E-state index in [9.17, 15) is 13.2 Å². The van der Waals surface area contributed by atoms with Crippen molar-refractivity contribution in [3.05, 3.63) is 47.0 Å². The lowest BCUT2D eigenvalue weighted by atomic mass is 9.96. The third kappa shape index (κ3) is 6.09. The lowest BCUT2D eigenvalue weighted by Gasteiger charge is -2.33. The predicted molar refractivity (Wildman–Crippen MR) is 149 cm³/mol. The Kier molecular flexibility index (Phi) is 8.75. The monoisotopic (exact) mass is 564 g/mol. The number of hydrogen-bond donors (Lipinski definition) is 0. The third-order valence-electron chi connectivity index (χ3n) is 6.61. The standard InChI is InChI=1S/C26H33ClN4O4S2/c1-18-6-8-20(9-7-18)37(33,34)30-16-12-19(13-17-30)25(32)31(15-5-14-29(2)3)26-28-23-22(35-4)11-10-21(27)24(23)36-26/h6-11,19H,5,12-17H2,1-4H3. The Balaban J connectivity index is 1.54. The molecule has 8 nitrogen and oxygen atoms in total. The van der Waals surface area contributed by atoms with Crippen molar-refractivity contribution in [2.75, 3.05) is 52.3 Å². The number of aromatic nitrogens is 1. The Morgan fingerprint density at radius 1 is 1.14 bits per heavy atom. The van der Waals surface area contributed by atoms with Gasteiger partial charge in [0.25, 0.3) is 0 Å². The smallest absolute Gasteiger partial charge is 0.243 e. The number of aryl methyl sites for hydroxylation is 1. The quantitative estimate of drug-likeness (QED) is 0.376.